The molecule has 1 aromatic rings. The van der Waals surface area contributed by atoms with Gasteiger partial charge in [0.15, 0.2) is 11.7 Å². The van der Waals surface area contributed by atoms with E-state index in [2.05, 4.69) is 4.74 Å². The van der Waals surface area contributed by atoms with E-state index in [1.165, 1.54) is 12.1 Å². The molecule has 0 aromatic heterocycles. The first-order chi connectivity index (χ1) is 11.7. The maximum atomic E-state index is 11.9. The summed E-state index contributed by atoms with van der Waals surface area (Å²) in [6, 6.07) is 6.35. The molecule has 138 valence electrons. The van der Waals surface area contributed by atoms with Gasteiger partial charge in [-0.25, -0.2) is 4.79 Å². The summed E-state index contributed by atoms with van der Waals surface area (Å²) in [4.78, 5) is 23.5. The number of aliphatic hydroxyl groups is 3. The first kappa shape index (κ1) is 19.2. The van der Waals surface area contributed by atoms with Crippen LogP contribution in [0.2, 0.25) is 0 Å². The van der Waals surface area contributed by atoms with Crippen molar-refractivity contribution in [3.63, 3.8) is 0 Å². The van der Waals surface area contributed by atoms with Crippen LogP contribution in [0.15, 0.2) is 24.3 Å². The summed E-state index contributed by atoms with van der Waals surface area (Å²) in [5, 5.41) is 39.5. The molecule has 8 heteroatoms. The van der Waals surface area contributed by atoms with Crippen molar-refractivity contribution in [2.24, 2.45) is 0 Å². The monoisotopic (exact) mass is 354 g/mol. The predicted octanol–water partition coefficient (Wildman–Crippen LogP) is -0.344. The molecule has 0 aliphatic heterocycles. The molecule has 4 N–H and O–H groups in total. The molecule has 8 nitrogen and oxygen atoms in total. The largest absolute Gasteiger partial charge is 0.508 e. The van der Waals surface area contributed by atoms with E-state index >= 15 is 0 Å². The van der Waals surface area contributed by atoms with Crippen molar-refractivity contribution in [2.45, 2.75) is 49.6 Å². The molecule has 0 amide bonds. The van der Waals surface area contributed by atoms with Gasteiger partial charge in [-0.1, -0.05) is 12.1 Å². The van der Waals surface area contributed by atoms with Gasteiger partial charge >= 0.3 is 11.9 Å². The van der Waals surface area contributed by atoms with Crippen molar-refractivity contribution < 1.29 is 39.5 Å². The fraction of sp³-hybridized carbons (Fsp3) is 0.529. The molecule has 2 rings (SSSR count). The van der Waals surface area contributed by atoms with Crippen LogP contribution in [0.25, 0.3) is 0 Å². The Kier molecular flexibility index (Phi) is 5.99. The van der Waals surface area contributed by atoms with Crippen LogP contribution in [0.5, 0.6) is 5.75 Å². The quantitative estimate of drug-likeness (QED) is 0.528. The number of esters is 2. The van der Waals surface area contributed by atoms with E-state index in [9.17, 15) is 30.0 Å². The van der Waals surface area contributed by atoms with E-state index in [0.29, 0.717) is 6.42 Å². The number of phenols is 1. The van der Waals surface area contributed by atoms with Crippen molar-refractivity contribution in [3.8, 4) is 5.75 Å². The molecule has 25 heavy (non-hydrogen) atoms. The number of benzene rings is 1. The Morgan fingerprint density at radius 3 is 2.24 bits per heavy atom. The molecule has 1 fully saturated rings. The smallest absolute Gasteiger partial charge is 0.338 e. The minimum absolute atomic E-state index is 0.0159. The Morgan fingerprint density at radius 1 is 1.16 bits per heavy atom. The van der Waals surface area contributed by atoms with Gasteiger partial charge in [0.1, 0.15) is 5.75 Å². The second-order valence-corrected chi connectivity index (χ2v) is 6.19. The fourth-order valence-corrected chi connectivity index (χ4v) is 2.90. The van der Waals surface area contributed by atoms with Crippen LogP contribution in [-0.4, -0.2) is 63.4 Å². The van der Waals surface area contributed by atoms with Gasteiger partial charge in [0.05, 0.1) is 19.3 Å². The summed E-state index contributed by atoms with van der Waals surface area (Å²) >= 11 is 0. The number of carbonyl (C=O) groups excluding carboxylic acids is 2. The highest BCUT2D eigenvalue weighted by Gasteiger charge is 2.50. The summed E-state index contributed by atoms with van der Waals surface area (Å²) < 4.78 is 9.58. The van der Waals surface area contributed by atoms with Crippen molar-refractivity contribution in [1.29, 1.82) is 0 Å². The number of phenolic OH excluding ortho intramolecular Hbond substituents is 1. The second-order valence-electron chi connectivity index (χ2n) is 6.19. The minimum Gasteiger partial charge on any atom is -0.508 e. The lowest BCUT2D eigenvalue weighted by Crippen LogP contribution is -2.57. The molecular weight excluding hydrogens is 332 g/mol. The van der Waals surface area contributed by atoms with Gasteiger partial charge < -0.3 is 29.9 Å². The molecule has 0 saturated heterocycles. The fourth-order valence-electron chi connectivity index (χ4n) is 2.90. The maximum Gasteiger partial charge on any atom is 0.338 e. The molecule has 1 aromatic carbocycles. The van der Waals surface area contributed by atoms with Crippen LogP contribution in [0, 0.1) is 0 Å². The Labute approximate surface area is 144 Å². The Bertz CT molecular complexity index is 600. The summed E-state index contributed by atoms with van der Waals surface area (Å²) in [7, 11) is 1.09. The molecular formula is C17H22O8. The summed E-state index contributed by atoms with van der Waals surface area (Å²) in [5.74, 6) is -1.46. The van der Waals surface area contributed by atoms with E-state index in [4.69, 9.17) is 4.74 Å². The molecule has 0 heterocycles. The number of methoxy groups -OCH3 is 1. The zero-order valence-electron chi connectivity index (χ0n) is 13.8. The van der Waals surface area contributed by atoms with Gasteiger partial charge in [0, 0.05) is 19.3 Å². The molecule has 0 radical (unpaired) electrons. The summed E-state index contributed by atoms with van der Waals surface area (Å²) in [6.45, 7) is 0. The number of aryl methyl sites for hydroxylation is 1. The highest BCUT2D eigenvalue weighted by atomic mass is 16.6. The van der Waals surface area contributed by atoms with Crippen LogP contribution >= 0.6 is 0 Å². The van der Waals surface area contributed by atoms with E-state index in [1.807, 2.05) is 0 Å². The van der Waals surface area contributed by atoms with E-state index in [1.54, 1.807) is 12.1 Å². The predicted molar refractivity (Wildman–Crippen MR) is 84.5 cm³/mol. The summed E-state index contributed by atoms with van der Waals surface area (Å²) in [5.41, 5.74) is -1.19. The molecule has 1 aliphatic carbocycles. The lowest BCUT2D eigenvalue weighted by atomic mass is 9.79. The van der Waals surface area contributed by atoms with Crippen molar-refractivity contribution in [1.82, 2.24) is 0 Å². The van der Waals surface area contributed by atoms with Crippen LogP contribution in [0.3, 0.4) is 0 Å². The number of carbonyl (C=O) groups is 2. The third-order valence-corrected chi connectivity index (χ3v) is 4.24. The third-order valence-electron chi connectivity index (χ3n) is 4.24. The molecule has 0 spiro atoms. The SMILES string of the molecule is COC(=O)C1(O)C[C@@H](O)C(OC(=O)CCc2ccc(O)cc2)[C@H](O)C1. The van der Waals surface area contributed by atoms with Gasteiger partial charge in [-0.05, 0) is 24.1 Å². The molecule has 1 aliphatic rings. The van der Waals surface area contributed by atoms with Gasteiger partial charge in [-0.2, -0.15) is 0 Å². The van der Waals surface area contributed by atoms with Gasteiger partial charge in [0.25, 0.3) is 0 Å². The van der Waals surface area contributed by atoms with Gasteiger partial charge in [-0.15, -0.1) is 0 Å². The Morgan fingerprint density at radius 2 is 1.72 bits per heavy atom. The van der Waals surface area contributed by atoms with Crippen LogP contribution in [-0.2, 0) is 25.5 Å². The summed E-state index contributed by atoms with van der Waals surface area (Å²) in [6.07, 6.45) is -4.43. The molecule has 0 unspecified atom stereocenters. The number of hydrogen-bond donors (Lipinski definition) is 4. The zero-order chi connectivity index (χ0) is 18.6. The number of ether oxygens (including phenoxy) is 2. The van der Waals surface area contributed by atoms with Crippen LogP contribution < -0.4 is 0 Å². The van der Waals surface area contributed by atoms with Crippen molar-refractivity contribution in [3.05, 3.63) is 29.8 Å². The number of hydrogen-bond acceptors (Lipinski definition) is 8. The average Bonchev–Trinajstić information content (AvgIpc) is 2.57. The lowest BCUT2D eigenvalue weighted by Gasteiger charge is -2.39. The molecule has 0 bridgehead atoms. The normalized spacial score (nSPS) is 29.0. The molecule has 1 saturated carbocycles. The number of aromatic hydroxyl groups is 1. The highest BCUT2D eigenvalue weighted by Crippen LogP contribution is 2.32. The first-order valence-electron chi connectivity index (χ1n) is 7.89. The first-order valence-corrected chi connectivity index (χ1v) is 7.89. The standard InChI is InChI=1S/C17H22O8/c1-24-16(22)17(23)8-12(19)15(13(20)9-17)25-14(21)7-4-10-2-5-11(18)6-3-10/h2-3,5-6,12-13,15,18-20,23H,4,7-9H2,1H3/t12-,13-,15?,17?/m1/s1. The number of rotatable bonds is 5. The topological polar surface area (TPSA) is 134 Å². The van der Waals surface area contributed by atoms with Crippen LogP contribution in [0.1, 0.15) is 24.8 Å². The zero-order valence-corrected chi connectivity index (χ0v) is 13.8. The molecule has 2 atom stereocenters. The third kappa shape index (κ3) is 4.68. The van der Waals surface area contributed by atoms with Crippen molar-refractivity contribution in [2.75, 3.05) is 7.11 Å². The highest BCUT2D eigenvalue weighted by molar-refractivity contribution is 5.79. The lowest BCUT2D eigenvalue weighted by molar-refractivity contribution is -0.200. The van der Waals surface area contributed by atoms with Gasteiger partial charge in [0.2, 0.25) is 0 Å². The Hall–Kier alpha value is -2.16. The van der Waals surface area contributed by atoms with Gasteiger partial charge in [-0.3, -0.25) is 4.79 Å². The Balaban J connectivity index is 1.90. The maximum absolute atomic E-state index is 11.9. The van der Waals surface area contributed by atoms with Crippen molar-refractivity contribution >= 4 is 11.9 Å². The second kappa shape index (κ2) is 7.81. The van der Waals surface area contributed by atoms with E-state index < -0.39 is 48.7 Å². The number of aliphatic hydroxyl groups excluding tert-OH is 2. The van der Waals surface area contributed by atoms with E-state index in [-0.39, 0.29) is 12.2 Å². The average molecular weight is 354 g/mol. The van der Waals surface area contributed by atoms with Crippen LogP contribution in [0.4, 0.5) is 0 Å². The minimum atomic E-state index is -2.01. The van der Waals surface area contributed by atoms with E-state index in [0.717, 1.165) is 12.7 Å².